The second-order valence-corrected chi connectivity index (χ2v) is 13.3. The molecule has 5 rings (SSSR count). The van der Waals surface area contributed by atoms with Gasteiger partial charge in [-0.1, -0.05) is 19.8 Å². The van der Waals surface area contributed by atoms with E-state index < -0.39 is 99.8 Å². The number of nitrogens with two attached hydrogens (primary N) is 1. The topological polar surface area (TPSA) is 101 Å². The highest BCUT2D eigenvalue weighted by atomic mass is 19.4. The van der Waals surface area contributed by atoms with Crippen LogP contribution in [0.3, 0.4) is 0 Å². The van der Waals surface area contributed by atoms with Crippen LogP contribution in [0, 0.1) is 54.7 Å². The molecular weight excluding hydrogens is 724 g/mol. The van der Waals surface area contributed by atoms with Crippen molar-refractivity contribution in [2.75, 3.05) is 51.4 Å². The molecule has 1 aromatic carbocycles. The maximum atomic E-state index is 16.4. The molecule has 4 N–H and O–H groups in total. The molecule has 2 fully saturated rings. The van der Waals surface area contributed by atoms with E-state index in [1.165, 1.54) is 11.8 Å². The van der Waals surface area contributed by atoms with Gasteiger partial charge < -0.3 is 26.0 Å². The fourth-order valence-electron chi connectivity index (χ4n) is 6.32. The van der Waals surface area contributed by atoms with E-state index in [4.69, 9.17) is 10.5 Å². The number of nitrogen functional groups attached to an aromatic ring is 1. The first kappa shape index (κ1) is 41.5. The molecule has 2 aliphatic rings. The number of halogens is 10. The molecule has 0 spiro atoms. The van der Waals surface area contributed by atoms with Gasteiger partial charge in [-0.15, -0.1) is 0 Å². The van der Waals surface area contributed by atoms with Crippen molar-refractivity contribution in [3.8, 4) is 29.2 Å². The molecular formula is C35H41F10N7O. The first-order valence-electron chi connectivity index (χ1n) is 16.9. The minimum Gasteiger partial charge on any atom is -0.463 e. The summed E-state index contributed by atoms with van der Waals surface area (Å²) >= 11 is 0. The molecule has 2 aromatic heterocycles. The van der Waals surface area contributed by atoms with Gasteiger partial charge in [0.1, 0.15) is 29.5 Å². The Morgan fingerprint density at radius 3 is 2.23 bits per heavy atom. The molecule has 3 aromatic rings. The molecule has 8 nitrogen and oxygen atoms in total. The first-order chi connectivity index (χ1) is 24.7. The van der Waals surface area contributed by atoms with Crippen LogP contribution in [0.1, 0.15) is 56.4 Å². The summed E-state index contributed by atoms with van der Waals surface area (Å²) in [7, 11) is 3.18. The number of ether oxygens (including phenoxy) is 1. The van der Waals surface area contributed by atoms with Crippen LogP contribution in [-0.4, -0.2) is 72.3 Å². The number of nitrogens with zero attached hydrogens (tertiary/aromatic N) is 4. The highest BCUT2D eigenvalue weighted by molar-refractivity contribution is 5.94. The largest absolute Gasteiger partial charge is 0.463 e. The van der Waals surface area contributed by atoms with Gasteiger partial charge in [-0.2, -0.15) is 36.3 Å². The molecule has 2 heterocycles. The number of hydrogen-bond donors (Lipinski definition) is 3. The van der Waals surface area contributed by atoms with E-state index in [0.717, 1.165) is 6.92 Å². The SMILES string of the molecule is CC.Cc1c(F)c(N)cc(-c2nc(C)c3c(NCC#CNCCC(C4CC4)C(F)(F)F)nc(OCC4(CN(C)C)CC4(F)F)nc3c2F)c1C(F)(F)F. The van der Waals surface area contributed by atoms with Crippen molar-refractivity contribution >= 4 is 22.4 Å². The Labute approximate surface area is 300 Å². The molecule has 2 aliphatic carbocycles. The minimum absolute atomic E-state index is 0.0360. The summed E-state index contributed by atoms with van der Waals surface area (Å²) < 4.78 is 148. The van der Waals surface area contributed by atoms with Crippen LogP contribution in [0.4, 0.5) is 55.4 Å². The maximum absolute atomic E-state index is 16.4. The van der Waals surface area contributed by atoms with E-state index in [9.17, 15) is 39.5 Å². The Morgan fingerprint density at radius 1 is 1.04 bits per heavy atom. The van der Waals surface area contributed by atoms with Crippen molar-refractivity contribution in [1.82, 2.24) is 25.2 Å². The van der Waals surface area contributed by atoms with Crippen molar-refractivity contribution in [2.24, 2.45) is 17.3 Å². The number of hydrogen-bond acceptors (Lipinski definition) is 8. The Kier molecular flexibility index (Phi) is 12.2. The Morgan fingerprint density at radius 2 is 1.68 bits per heavy atom. The Bertz CT molecular complexity index is 1870. The summed E-state index contributed by atoms with van der Waals surface area (Å²) in [5.41, 5.74) is -1.43. The van der Waals surface area contributed by atoms with Crippen LogP contribution in [-0.2, 0) is 6.18 Å². The monoisotopic (exact) mass is 765 g/mol. The average molecular weight is 766 g/mol. The second kappa shape index (κ2) is 15.6. The normalized spacial score (nSPS) is 18.5. The van der Waals surface area contributed by atoms with Gasteiger partial charge in [-0.3, -0.25) is 0 Å². The van der Waals surface area contributed by atoms with Crippen LogP contribution in [0.25, 0.3) is 22.2 Å². The predicted molar refractivity (Wildman–Crippen MR) is 180 cm³/mol. The van der Waals surface area contributed by atoms with Gasteiger partial charge in [0.2, 0.25) is 0 Å². The molecule has 53 heavy (non-hydrogen) atoms. The van der Waals surface area contributed by atoms with E-state index in [1.807, 2.05) is 13.8 Å². The summed E-state index contributed by atoms with van der Waals surface area (Å²) in [6.45, 7) is 5.26. The van der Waals surface area contributed by atoms with Crippen molar-refractivity contribution in [2.45, 2.75) is 71.7 Å². The van der Waals surface area contributed by atoms with Gasteiger partial charge >= 0.3 is 18.4 Å². The number of nitrogens with one attached hydrogen (secondary N) is 2. The van der Waals surface area contributed by atoms with E-state index in [0.29, 0.717) is 18.9 Å². The number of fused-ring (bicyclic) bond motifs is 1. The summed E-state index contributed by atoms with van der Waals surface area (Å²) in [6.07, 6.45) is -9.08. The van der Waals surface area contributed by atoms with Crippen LogP contribution < -0.4 is 21.1 Å². The molecule has 2 saturated carbocycles. The fraction of sp³-hybridized carbons (Fsp3) is 0.571. The summed E-state index contributed by atoms with van der Waals surface area (Å²) in [5, 5.41) is 5.29. The zero-order valence-corrected chi connectivity index (χ0v) is 29.9. The lowest BCUT2D eigenvalue weighted by molar-refractivity contribution is -0.181. The number of aryl methyl sites for hydroxylation is 1. The fourth-order valence-corrected chi connectivity index (χ4v) is 6.32. The third-order valence-electron chi connectivity index (χ3n) is 9.03. The first-order valence-corrected chi connectivity index (χ1v) is 16.9. The smallest absolute Gasteiger partial charge is 0.417 e. The third-order valence-corrected chi connectivity index (χ3v) is 9.03. The van der Waals surface area contributed by atoms with Crippen LogP contribution in [0.15, 0.2) is 6.07 Å². The molecule has 2 atom stereocenters. The van der Waals surface area contributed by atoms with E-state index in [2.05, 4.69) is 37.6 Å². The molecule has 0 aliphatic heterocycles. The highest BCUT2D eigenvalue weighted by Gasteiger charge is 2.71. The summed E-state index contributed by atoms with van der Waals surface area (Å²) in [4.78, 5) is 13.8. The summed E-state index contributed by atoms with van der Waals surface area (Å²) in [5.74, 6) is -5.15. The maximum Gasteiger partial charge on any atom is 0.417 e. The minimum atomic E-state index is -5.15. The zero-order chi connectivity index (χ0) is 39.7. The number of pyridine rings is 1. The van der Waals surface area contributed by atoms with Gasteiger partial charge in [0.15, 0.2) is 5.82 Å². The van der Waals surface area contributed by atoms with Crippen LogP contribution in [0.5, 0.6) is 6.01 Å². The molecule has 0 radical (unpaired) electrons. The predicted octanol–water partition coefficient (Wildman–Crippen LogP) is 8.12. The Hall–Kier alpha value is -4.27. The Balaban J connectivity index is 0.00000308. The van der Waals surface area contributed by atoms with Gasteiger partial charge in [0.25, 0.3) is 5.92 Å². The highest BCUT2D eigenvalue weighted by Crippen LogP contribution is 2.60. The van der Waals surface area contributed by atoms with Crippen LogP contribution in [0.2, 0.25) is 0 Å². The number of benzene rings is 1. The number of alkyl halides is 8. The molecule has 0 saturated heterocycles. The van der Waals surface area contributed by atoms with Crippen molar-refractivity contribution < 1.29 is 48.6 Å². The quantitative estimate of drug-likeness (QED) is 0.0559. The number of aromatic nitrogens is 3. The molecule has 2 unspecified atom stereocenters. The van der Waals surface area contributed by atoms with E-state index in [1.54, 1.807) is 14.1 Å². The molecule has 292 valence electrons. The van der Waals surface area contributed by atoms with E-state index in [-0.39, 0.29) is 43.0 Å². The van der Waals surface area contributed by atoms with E-state index >= 15 is 4.39 Å². The van der Waals surface area contributed by atoms with Crippen molar-refractivity contribution in [1.29, 1.82) is 0 Å². The summed E-state index contributed by atoms with van der Waals surface area (Å²) in [6, 6.07) is 2.55. The standard InChI is InChI=1S/C33H35F10N7O.C2H6/c1-16-23(33(41,42)43)19(12-21(44)24(16)34)26-25(35)27-22(17(2)47-26)28(46-10-5-9-45-11-8-20(18-6-7-18)32(38,39)40)49-29(48-27)51-15-30(14-50(3)4)13-31(30,36)37;1-2/h12,18,20,45H,6-8,10-11,13-15,44H2,1-4H3,(H,46,48,49);1-2H3. The molecule has 0 amide bonds. The zero-order valence-electron chi connectivity index (χ0n) is 29.9. The lowest BCUT2D eigenvalue weighted by Crippen LogP contribution is -2.32. The lowest BCUT2D eigenvalue weighted by Gasteiger charge is -2.21. The number of anilines is 2. The van der Waals surface area contributed by atoms with Crippen molar-refractivity contribution in [3.05, 3.63) is 34.5 Å². The average Bonchev–Trinajstić information content (AvgIpc) is 3.97. The van der Waals surface area contributed by atoms with Crippen molar-refractivity contribution in [3.63, 3.8) is 0 Å². The molecule has 18 heteroatoms. The lowest BCUT2D eigenvalue weighted by atomic mass is 9.96. The van der Waals surface area contributed by atoms with Gasteiger partial charge in [0.05, 0.1) is 40.2 Å². The number of rotatable bonds is 12. The second-order valence-electron chi connectivity index (χ2n) is 13.3. The van der Waals surface area contributed by atoms with Gasteiger partial charge in [0, 0.05) is 31.1 Å². The van der Waals surface area contributed by atoms with Gasteiger partial charge in [-0.05, 0) is 64.8 Å². The molecule has 0 bridgehead atoms. The third kappa shape index (κ3) is 9.10. The van der Waals surface area contributed by atoms with Gasteiger partial charge in [-0.25, -0.2) is 22.5 Å². The van der Waals surface area contributed by atoms with Crippen LogP contribution >= 0.6 is 0 Å².